The van der Waals surface area contributed by atoms with Crippen molar-refractivity contribution >= 4 is 17.3 Å². The molecule has 0 unspecified atom stereocenters. The summed E-state index contributed by atoms with van der Waals surface area (Å²) in [6.45, 7) is 4.12. The van der Waals surface area contributed by atoms with Gasteiger partial charge in [0, 0.05) is 0 Å². The van der Waals surface area contributed by atoms with Gasteiger partial charge in [-0.1, -0.05) is 13.8 Å². The fourth-order valence-electron chi connectivity index (χ4n) is 2.03. The minimum atomic E-state index is -0.882. The van der Waals surface area contributed by atoms with E-state index in [0.29, 0.717) is 22.9 Å². The average Bonchev–Trinajstić information content (AvgIpc) is 2.57. The molecular weight excluding hydrogens is 236 g/mol. The Balaban J connectivity index is 2.33. The molecule has 0 bridgehead atoms. The van der Waals surface area contributed by atoms with Gasteiger partial charge in [0.15, 0.2) is 0 Å². The number of rotatable bonds is 4. The lowest BCUT2D eigenvalue weighted by Crippen LogP contribution is -2.43. The molecule has 0 amide bonds. The van der Waals surface area contributed by atoms with Gasteiger partial charge in [0.05, 0.1) is 11.2 Å². The van der Waals surface area contributed by atoms with E-state index in [1.165, 1.54) is 11.3 Å². The first kappa shape index (κ1) is 12.5. The number of nitrogens with two attached hydrogens (primary N) is 1. The molecule has 1 aromatic heterocycles. The summed E-state index contributed by atoms with van der Waals surface area (Å²) in [4.78, 5) is 16.0. The maximum Gasteiger partial charge on any atom is 0.347 e. The van der Waals surface area contributed by atoms with Crippen LogP contribution in [-0.2, 0) is 12.0 Å². The lowest BCUT2D eigenvalue weighted by molar-refractivity contribution is 0.0700. The second-order valence-corrected chi connectivity index (χ2v) is 6.21. The van der Waals surface area contributed by atoms with Gasteiger partial charge in [-0.25, -0.2) is 9.78 Å². The summed E-state index contributed by atoms with van der Waals surface area (Å²) in [5, 5.41) is 9.98. The summed E-state index contributed by atoms with van der Waals surface area (Å²) >= 11 is 1.26. The molecule has 2 rings (SSSR count). The molecule has 1 saturated carbocycles. The normalized spacial score (nSPS) is 18.1. The zero-order valence-corrected chi connectivity index (χ0v) is 11.0. The Hall–Kier alpha value is -0.940. The van der Waals surface area contributed by atoms with Crippen molar-refractivity contribution in [3.63, 3.8) is 0 Å². The molecule has 0 aliphatic heterocycles. The van der Waals surface area contributed by atoms with E-state index in [1.54, 1.807) is 0 Å². The number of hydrogen-bond donors (Lipinski definition) is 2. The first-order valence-corrected chi connectivity index (χ1v) is 6.76. The summed E-state index contributed by atoms with van der Waals surface area (Å²) < 4.78 is 0. The van der Waals surface area contributed by atoms with E-state index in [4.69, 9.17) is 5.73 Å². The van der Waals surface area contributed by atoms with Gasteiger partial charge < -0.3 is 10.8 Å². The molecule has 17 heavy (non-hydrogen) atoms. The number of aromatic nitrogens is 1. The molecule has 1 heterocycles. The highest BCUT2D eigenvalue weighted by molar-refractivity contribution is 7.13. The van der Waals surface area contributed by atoms with Crippen molar-refractivity contribution in [2.24, 2.45) is 11.7 Å². The maximum absolute atomic E-state index is 11.2. The fraction of sp³-hybridized carbons (Fsp3) is 0.667. The molecule has 4 nitrogen and oxygen atoms in total. The monoisotopic (exact) mass is 254 g/mol. The van der Waals surface area contributed by atoms with Crippen LogP contribution in [0.5, 0.6) is 0 Å². The van der Waals surface area contributed by atoms with Crippen LogP contribution in [0.25, 0.3) is 0 Å². The summed E-state index contributed by atoms with van der Waals surface area (Å²) in [6.07, 6.45) is 3.65. The fourth-order valence-corrected chi connectivity index (χ4v) is 3.12. The molecule has 1 aliphatic rings. The van der Waals surface area contributed by atoms with Gasteiger partial charge in [-0.3, -0.25) is 0 Å². The quantitative estimate of drug-likeness (QED) is 0.865. The van der Waals surface area contributed by atoms with Crippen molar-refractivity contribution in [3.05, 3.63) is 15.6 Å². The number of thiazole rings is 1. The number of carbonyl (C=O) groups is 1. The zero-order chi connectivity index (χ0) is 12.6. The molecule has 0 atom stereocenters. The van der Waals surface area contributed by atoms with E-state index < -0.39 is 5.97 Å². The van der Waals surface area contributed by atoms with Gasteiger partial charge in [0.1, 0.15) is 9.88 Å². The number of hydrogen-bond acceptors (Lipinski definition) is 4. The first-order valence-electron chi connectivity index (χ1n) is 5.95. The standard InChI is InChI=1S/C12H18N2O2S/c1-7(2)6-8-9(10(15)16)17-11(14-8)12(13)4-3-5-12/h7H,3-6,13H2,1-2H3,(H,15,16). The third-order valence-electron chi connectivity index (χ3n) is 3.16. The summed E-state index contributed by atoms with van der Waals surface area (Å²) in [6, 6.07) is 0. The summed E-state index contributed by atoms with van der Waals surface area (Å²) in [5.41, 5.74) is 6.53. The van der Waals surface area contributed by atoms with E-state index in [-0.39, 0.29) is 5.54 Å². The van der Waals surface area contributed by atoms with Crippen LogP contribution >= 0.6 is 11.3 Å². The second kappa shape index (κ2) is 4.38. The second-order valence-electron chi connectivity index (χ2n) is 5.21. The molecule has 1 aromatic rings. The van der Waals surface area contributed by atoms with E-state index in [1.807, 2.05) is 0 Å². The topological polar surface area (TPSA) is 76.2 Å². The van der Waals surface area contributed by atoms with Gasteiger partial charge in [-0.05, 0) is 31.6 Å². The molecule has 5 heteroatoms. The first-order chi connectivity index (χ1) is 7.92. The molecule has 0 spiro atoms. The number of aromatic carboxylic acids is 1. The van der Waals surface area contributed by atoms with Gasteiger partial charge in [0.2, 0.25) is 0 Å². The zero-order valence-electron chi connectivity index (χ0n) is 10.2. The minimum Gasteiger partial charge on any atom is -0.477 e. The highest BCUT2D eigenvalue weighted by atomic mass is 32.1. The Morgan fingerprint density at radius 1 is 1.59 bits per heavy atom. The van der Waals surface area contributed by atoms with Gasteiger partial charge in [-0.15, -0.1) is 11.3 Å². The van der Waals surface area contributed by atoms with E-state index in [0.717, 1.165) is 24.3 Å². The largest absolute Gasteiger partial charge is 0.477 e. The molecule has 0 radical (unpaired) electrons. The smallest absolute Gasteiger partial charge is 0.347 e. The van der Waals surface area contributed by atoms with Crippen LogP contribution in [0, 0.1) is 5.92 Å². The van der Waals surface area contributed by atoms with E-state index in [2.05, 4.69) is 18.8 Å². The highest BCUT2D eigenvalue weighted by Crippen LogP contribution is 2.41. The van der Waals surface area contributed by atoms with Gasteiger partial charge in [-0.2, -0.15) is 0 Å². The van der Waals surface area contributed by atoms with Gasteiger partial charge >= 0.3 is 5.97 Å². The van der Waals surface area contributed by atoms with Crippen LogP contribution in [0.15, 0.2) is 0 Å². The highest BCUT2D eigenvalue weighted by Gasteiger charge is 2.38. The predicted molar refractivity (Wildman–Crippen MR) is 67.3 cm³/mol. The molecule has 3 N–H and O–H groups in total. The molecule has 1 fully saturated rings. The third kappa shape index (κ3) is 2.35. The van der Waals surface area contributed by atoms with Crippen LogP contribution in [0.2, 0.25) is 0 Å². The lowest BCUT2D eigenvalue weighted by atomic mass is 9.78. The van der Waals surface area contributed by atoms with Crippen LogP contribution < -0.4 is 5.73 Å². The van der Waals surface area contributed by atoms with Crippen LogP contribution in [0.1, 0.15) is 53.5 Å². The van der Waals surface area contributed by atoms with Gasteiger partial charge in [0.25, 0.3) is 0 Å². The Labute approximate surface area is 105 Å². The Morgan fingerprint density at radius 2 is 2.24 bits per heavy atom. The van der Waals surface area contributed by atoms with Crippen LogP contribution in [-0.4, -0.2) is 16.1 Å². The summed E-state index contributed by atoms with van der Waals surface area (Å²) in [5.74, 6) is -0.481. The Kier molecular flexibility index (Phi) is 3.23. The van der Waals surface area contributed by atoms with Crippen molar-refractivity contribution in [1.29, 1.82) is 0 Å². The Morgan fingerprint density at radius 3 is 2.65 bits per heavy atom. The van der Waals surface area contributed by atoms with E-state index >= 15 is 0 Å². The van der Waals surface area contributed by atoms with Crippen molar-refractivity contribution in [3.8, 4) is 0 Å². The van der Waals surface area contributed by atoms with Crippen molar-refractivity contribution in [2.45, 2.75) is 45.1 Å². The number of nitrogens with zero attached hydrogens (tertiary/aromatic N) is 1. The SMILES string of the molecule is CC(C)Cc1nc(C2(N)CCC2)sc1C(=O)O. The maximum atomic E-state index is 11.2. The van der Waals surface area contributed by atoms with Crippen molar-refractivity contribution in [2.75, 3.05) is 0 Å². The third-order valence-corrected chi connectivity index (χ3v) is 4.47. The summed E-state index contributed by atoms with van der Waals surface area (Å²) in [7, 11) is 0. The van der Waals surface area contributed by atoms with E-state index in [9.17, 15) is 9.90 Å². The van der Waals surface area contributed by atoms with Crippen molar-refractivity contribution < 1.29 is 9.90 Å². The number of carboxylic acid groups (broad SMARTS) is 1. The van der Waals surface area contributed by atoms with Crippen molar-refractivity contribution in [1.82, 2.24) is 4.98 Å². The Bertz CT molecular complexity index is 436. The minimum absolute atomic E-state index is 0.357. The molecule has 94 valence electrons. The molecule has 1 aliphatic carbocycles. The van der Waals surface area contributed by atoms with Crippen LogP contribution in [0.3, 0.4) is 0 Å². The molecular formula is C12H18N2O2S. The number of carboxylic acids is 1. The molecule has 0 aromatic carbocycles. The van der Waals surface area contributed by atoms with Crippen LogP contribution in [0.4, 0.5) is 0 Å². The lowest BCUT2D eigenvalue weighted by Gasteiger charge is -2.35. The predicted octanol–water partition coefficient (Wildman–Crippen LogP) is 2.38. The average molecular weight is 254 g/mol. The molecule has 0 saturated heterocycles.